The Morgan fingerprint density at radius 3 is 2.79 bits per heavy atom. The van der Waals surface area contributed by atoms with Crippen molar-refractivity contribution in [2.24, 2.45) is 0 Å². The van der Waals surface area contributed by atoms with E-state index in [1.807, 2.05) is 18.2 Å². The van der Waals surface area contributed by atoms with Crippen LogP contribution in [-0.4, -0.2) is 11.5 Å². The highest BCUT2D eigenvalue weighted by Gasteiger charge is 2.12. The van der Waals surface area contributed by atoms with E-state index in [2.05, 4.69) is 23.7 Å². The lowest BCUT2D eigenvalue weighted by molar-refractivity contribution is -0.385. The summed E-state index contributed by atoms with van der Waals surface area (Å²) in [6.07, 6.45) is 0.660. The summed E-state index contributed by atoms with van der Waals surface area (Å²) < 4.78 is 0. The van der Waals surface area contributed by atoms with Gasteiger partial charge in [0, 0.05) is 29.1 Å². The van der Waals surface area contributed by atoms with Crippen LogP contribution in [0.2, 0.25) is 0 Å². The van der Waals surface area contributed by atoms with E-state index in [1.165, 1.54) is 4.88 Å². The van der Waals surface area contributed by atoms with E-state index in [-0.39, 0.29) is 16.7 Å². The first kappa shape index (κ1) is 13.7. The maximum absolute atomic E-state index is 10.9. The second kappa shape index (κ2) is 6.45. The smallest absolute Gasteiger partial charge is 0.272 e. The van der Waals surface area contributed by atoms with Gasteiger partial charge in [-0.3, -0.25) is 10.1 Å². The topological polar surface area (TPSA) is 55.2 Å². The Morgan fingerprint density at radius 1 is 1.32 bits per heavy atom. The van der Waals surface area contributed by atoms with Gasteiger partial charge in [0.05, 0.1) is 4.92 Å². The number of rotatable bonds is 6. The molecule has 1 atom stereocenters. The van der Waals surface area contributed by atoms with Gasteiger partial charge < -0.3 is 5.32 Å². The van der Waals surface area contributed by atoms with Gasteiger partial charge in [0.25, 0.3) is 5.69 Å². The fourth-order valence-electron chi connectivity index (χ4n) is 1.96. The summed E-state index contributed by atoms with van der Waals surface area (Å²) in [5.74, 6) is 0. The van der Waals surface area contributed by atoms with Crippen LogP contribution in [0.25, 0.3) is 0 Å². The molecule has 2 rings (SSSR count). The summed E-state index contributed by atoms with van der Waals surface area (Å²) in [7, 11) is 0. The molecule has 100 valence electrons. The second-order valence-electron chi connectivity index (χ2n) is 4.33. The summed E-state index contributed by atoms with van der Waals surface area (Å²) in [5.41, 5.74) is 0.978. The number of hydrogen-bond acceptors (Lipinski definition) is 4. The maximum atomic E-state index is 10.9. The average Bonchev–Trinajstić information content (AvgIpc) is 2.93. The van der Waals surface area contributed by atoms with Gasteiger partial charge in [-0.25, -0.2) is 0 Å². The Balaban J connectivity index is 1.91. The molecule has 0 aliphatic carbocycles. The van der Waals surface area contributed by atoms with Crippen molar-refractivity contribution >= 4 is 17.0 Å². The Bertz CT molecular complexity index is 540. The van der Waals surface area contributed by atoms with Gasteiger partial charge in [-0.05, 0) is 24.8 Å². The molecule has 2 aromatic rings. The molecule has 0 amide bonds. The lowest BCUT2D eigenvalue weighted by Gasteiger charge is -2.11. The van der Waals surface area contributed by atoms with Crippen molar-refractivity contribution in [1.29, 1.82) is 0 Å². The SMILES string of the molecule is CC(NCCc1ccccc1[N+](=O)[O-])c1cccs1. The fraction of sp³-hybridized carbons (Fsp3) is 0.286. The normalized spacial score (nSPS) is 12.3. The molecule has 0 aliphatic rings. The third kappa shape index (κ3) is 3.62. The third-order valence-electron chi connectivity index (χ3n) is 3.00. The van der Waals surface area contributed by atoms with Gasteiger partial charge in [-0.1, -0.05) is 24.3 Å². The van der Waals surface area contributed by atoms with Crippen LogP contribution in [-0.2, 0) is 6.42 Å². The van der Waals surface area contributed by atoms with E-state index in [0.29, 0.717) is 6.42 Å². The van der Waals surface area contributed by atoms with E-state index in [4.69, 9.17) is 0 Å². The Morgan fingerprint density at radius 2 is 2.11 bits per heavy atom. The Hall–Kier alpha value is -1.72. The number of nitrogens with zero attached hydrogens (tertiary/aromatic N) is 1. The molecule has 0 aliphatic heterocycles. The monoisotopic (exact) mass is 276 g/mol. The van der Waals surface area contributed by atoms with Crippen LogP contribution in [0.15, 0.2) is 41.8 Å². The van der Waals surface area contributed by atoms with Crippen LogP contribution in [0.5, 0.6) is 0 Å². The van der Waals surface area contributed by atoms with Crippen LogP contribution in [0.4, 0.5) is 5.69 Å². The fourth-order valence-corrected chi connectivity index (χ4v) is 2.72. The number of nitrogens with one attached hydrogen (secondary N) is 1. The maximum Gasteiger partial charge on any atom is 0.272 e. The van der Waals surface area contributed by atoms with Gasteiger partial charge in [0.2, 0.25) is 0 Å². The van der Waals surface area contributed by atoms with Crippen molar-refractivity contribution in [2.75, 3.05) is 6.54 Å². The van der Waals surface area contributed by atoms with Crippen molar-refractivity contribution in [3.8, 4) is 0 Å². The van der Waals surface area contributed by atoms with Gasteiger partial charge in [-0.2, -0.15) is 0 Å². The van der Waals surface area contributed by atoms with Gasteiger partial charge in [0.15, 0.2) is 0 Å². The largest absolute Gasteiger partial charge is 0.309 e. The molecule has 0 saturated heterocycles. The molecule has 1 heterocycles. The van der Waals surface area contributed by atoms with Gasteiger partial charge in [0.1, 0.15) is 0 Å². The lowest BCUT2D eigenvalue weighted by Crippen LogP contribution is -2.20. The molecule has 19 heavy (non-hydrogen) atoms. The third-order valence-corrected chi connectivity index (χ3v) is 4.06. The van der Waals surface area contributed by atoms with E-state index < -0.39 is 0 Å². The number of hydrogen-bond donors (Lipinski definition) is 1. The number of nitro groups is 1. The van der Waals surface area contributed by atoms with Crippen molar-refractivity contribution in [3.63, 3.8) is 0 Å². The van der Waals surface area contributed by atoms with Crippen LogP contribution in [0, 0.1) is 10.1 Å². The molecule has 0 bridgehead atoms. The number of thiophene rings is 1. The molecule has 1 aromatic heterocycles. The van der Waals surface area contributed by atoms with E-state index in [1.54, 1.807) is 23.5 Å². The molecular formula is C14H16N2O2S. The molecule has 1 aromatic carbocycles. The molecule has 1 unspecified atom stereocenters. The number of benzene rings is 1. The van der Waals surface area contributed by atoms with E-state index in [9.17, 15) is 10.1 Å². The minimum atomic E-state index is -0.321. The van der Waals surface area contributed by atoms with Crippen molar-refractivity contribution in [1.82, 2.24) is 5.32 Å². The predicted octanol–water partition coefficient (Wildman–Crippen LogP) is 3.55. The summed E-state index contributed by atoms with van der Waals surface area (Å²) in [6, 6.07) is 11.3. The van der Waals surface area contributed by atoms with E-state index in [0.717, 1.165) is 12.1 Å². The highest BCUT2D eigenvalue weighted by atomic mass is 32.1. The highest BCUT2D eigenvalue weighted by Crippen LogP contribution is 2.20. The zero-order valence-electron chi connectivity index (χ0n) is 10.7. The van der Waals surface area contributed by atoms with Crippen LogP contribution >= 0.6 is 11.3 Å². The summed E-state index contributed by atoms with van der Waals surface area (Å²) in [4.78, 5) is 11.9. The number of para-hydroxylation sites is 1. The van der Waals surface area contributed by atoms with Crippen molar-refractivity contribution in [2.45, 2.75) is 19.4 Å². The predicted molar refractivity (Wildman–Crippen MR) is 77.5 cm³/mol. The van der Waals surface area contributed by atoms with Crippen LogP contribution in [0.3, 0.4) is 0 Å². The van der Waals surface area contributed by atoms with Gasteiger partial charge in [-0.15, -0.1) is 11.3 Å². The molecule has 1 N–H and O–H groups in total. The first-order chi connectivity index (χ1) is 9.18. The Kier molecular flexibility index (Phi) is 4.65. The summed E-state index contributed by atoms with van der Waals surface area (Å²) >= 11 is 1.71. The van der Waals surface area contributed by atoms with Crippen LogP contribution in [0.1, 0.15) is 23.4 Å². The average molecular weight is 276 g/mol. The van der Waals surface area contributed by atoms with Crippen molar-refractivity contribution in [3.05, 3.63) is 62.3 Å². The van der Waals surface area contributed by atoms with Crippen molar-refractivity contribution < 1.29 is 4.92 Å². The zero-order valence-corrected chi connectivity index (χ0v) is 11.5. The quantitative estimate of drug-likeness (QED) is 0.648. The molecule has 0 saturated carbocycles. The minimum Gasteiger partial charge on any atom is -0.309 e. The molecular weight excluding hydrogens is 260 g/mol. The second-order valence-corrected chi connectivity index (χ2v) is 5.31. The molecule has 0 fully saturated rings. The zero-order chi connectivity index (χ0) is 13.7. The lowest BCUT2D eigenvalue weighted by atomic mass is 10.1. The van der Waals surface area contributed by atoms with Crippen LogP contribution < -0.4 is 5.32 Å². The first-order valence-electron chi connectivity index (χ1n) is 6.17. The Labute approximate surface area is 116 Å². The molecule has 0 radical (unpaired) electrons. The highest BCUT2D eigenvalue weighted by molar-refractivity contribution is 7.10. The molecule has 5 heteroatoms. The van der Waals surface area contributed by atoms with E-state index >= 15 is 0 Å². The van der Waals surface area contributed by atoms with Gasteiger partial charge >= 0.3 is 0 Å². The molecule has 0 spiro atoms. The first-order valence-corrected chi connectivity index (χ1v) is 7.05. The standard InChI is InChI=1S/C14H16N2O2S/c1-11(14-7-4-10-19-14)15-9-8-12-5-2-3-6-13(12)16(17)18/h2-7,10-11,15H,8-9H2,1H3. The summed E-state index contributed by atoms with van der Waals surface area (Å²) in [6.45, 7) is 2.83. The number of nitro benzene ring substituents is 1. The summed E-state index contributed by atoms with van der Waals surface area (Å²) in [5, 5.41) is 16.3. The minimum absolute atomic E-state index is 0.202. The molecule has 4 nitrogen and oxygen atoms in total.